The molecule has 0 aliphatic rings. The van der Waals surface area contributed by atoms with Gasteiger partial charge in [0, 0.05) is 27.1 Å². The van der Waals surface area contributed by atoms with Crippen LogP contribution in [0.5, 0.6) is 0 Å². The standard InChI is InChI=1S/C9H17NO4/c1-7(14-3)9(13)10(2)6-4-5-8(11)12/h7H,4-6H2,1-3H3,(H,11,12). The van der Waals surface area contributed by atoms with Gasteiger partial charge in [-0.05, 0) is 13.3 Å². The number of hydrogen-bond donors (Lipinski definition) is 1. The molecule has 5 heteroatoms. The van der Waals surface area contributed by atoms with Gasteiger partial charge in [-0.15, -0.1) is 0 Å². The Morgan fingerprint density at radius 1 is 1.50 bits per heavy atom. The van der Waals surface area contributed by atoms with E-state index in [1.807, 2.05) is 0 Å². The Balaban J connectivity index is 3.78. The molecular weight excluding hydrogens is 186 g/mol. The molecule has 0 rings (SSSR count). The molecule has 0 aromatic rings. The first-order valence-corrected chi connectivity index (χ1v) is 4.48. The molecular formula is C9H17NO4. The fourth-order valence-electron chi connectivity index (χ4n) is 0.989. The van der Waals surface area contributed by atoms with Crippen LogP contribution in [0.1, 0.15) is 19.8 Å². The van der Waals surface area contributed by atoms with E-state index in [0.29, 0.717) is 13.0 Å². The van der Waals surface area contributed by atoms with Crippen molar-refractivity contribution in [2.45, 2.75) is 25.9 Å². The van der Waals surface area contributed by atoms with E-state index < -0.39 is 12.1 Å². The van der Waals surface area contributed by atoms with Crippen molar-refractivity contribution < 1.29 is 19.4 Å². The Bertz CT molecular complexity index is 205. The summed E-state index contributed by atoms with van der Waals surface area (Å²) in [4.78, 5) is 23.1. The van der Waals surface area contributed by atoms with Gasteiger partial charge >= 0.3 is 5.97 Å². The average molecular weight is 203 g/mol. The highest BCUT2D eigenvalue weighted by Crippen LogP contribution is 1.98. The molecule has 0 aliphatic carbocycles. The highest BCUT2D eigenvalue weighted by atomic mass is 16.5. The van der Waals surface area contributed by atoms with Crippen LogP contribution in [-0.2, 0) is 14.3 Å². The molecule has 1 N–H and O–H groups in total. The summed E-state index contributed by atoms with van der Waals surface area (Å²) in [6.45, 7) is 2.11. The van der Waals surface area contributed by atoms with Gasteiger partial charge in [0.15, 0.2) is 0 Å². The normalized spacial score (nSPS) is 12.2. The summed E-state index contributed by atoms with van der Waals surface area (Å²) in [5.74, 6) is -0.969. The maximum atomic E-state index is 11.4. The lowest BCUT2D eigenvalue weighted by molar-refractivity contribution is -0.141. The topological polar surface area (TPSA) is 66.8 Å². The third-order valence-corrected chi connectivity index (χ3v) is 1.96. The molecule has 0 aromatic carbocycles. The van der Waals surface area contributed by atoms with Gasteiger partial charge in [0.25, 0.3) is 5.91 Å². The van der Waals surface area contributed by atoms with Crippen LogP contribution in [0.2, 0.25) is 0 Å². The smallest absolute Gasteiger partial charge is 0.303 e. The number of carboxylic acid groups (broad SMARTS) is 1. The second-order valence-corrected chi connectivity index (χ2v) is 3.14. The molecule has 0 saturated heterocycles. The fraction of sp³-hybridized carbons (Fsp3) is 0.778. The second-order valence-electron chi connectivity index (χ2n) is 3.14. The van der Waals surface area contributed by atoms with Crippen molar-refractivity contribution in [2.24, 2.45) is 0 Å². The van der Waals surface area contributed by atoms with Crippen molar-refractivity contribution in [3.05, 3.63) is 0 Å². The van der Waals surface area contributed by atoms with Crippen LogP contribution >= 0.6 is 0 Å². The van der Waals surface area contributed by atoms with E-state index in [0.717, 1.165) is 0 Å². The number of likely N-dealkylation sites (N-methyl/N-ethyl adjacent to an activating group) is 1. The van der Waals surface area contributed by atoms with Gasteiger partial charge in [0.1, 0.15) is 6.10 Å². The van der Waals surface area contributed by atoms with Crippen LogP contribution in [0.3, 0.4) is 0 Å². The van der Waals surface area contributed by atoms with E-state index in [1.165, 1.54) is 12.0 Å². The summed E-state index contributed by atoms with van der Waals surface area (Å²) in [6.07, 6.45) is 0.0809. The van der Waals surface area contributed by atoms with Crippen molar-refractivity contribution in [1.29, 1.82) is 0 Å². The monoisotopic (exact) mass is 203 g/mol. The first-order valence-electron chi connectivity index (χ1n) is 4.48. The summed E-state index contributed by atoms with van der Waals surface area (Å²) in [6, 6.07) is 0. The number of amides is 1. The van der Waals surface area contributed by atoms with E-state index in [1.54, 1.807) is 14.0 Å². The first kappa shape index (κ1) is 12.9. The lowest BCUT2D eigenvalue weighted by atomic mass is 10.3. The van der Waals surface area contributed by atoms with Gasteiger partial charge in [-0.1, -0.05) is 0 Å². The van der Waals surface area contributed by atoms with Gasteiger partial charge in [0.2, 0.25) is 0 Å². The van der Waals surface area contributed by atoms with Crippen LogP contribution in [0, 0.1) is 0 Å². The molecule has 0 heterocycles. The second kappa shape index (κ2) is 6.37. The Hall–Kier alpha value is -1.10. The SMILES string of the molecule is COC(C)C(=O)N(C)CCCC(=O)O. The first-order chi connectivity index (χ1) is 6.49. The Kier molecular flexibility index (Phi) is 5.87. The zero-order valence-electron chi connectivity index (χ0n) is 8.82. The molecule has 14 heavy (non-hydrogen) atoms. The Morgan fingerprint density at radius 2 is 2.07 bits per heavy atom. The van der Waals surface area contributed by atoms with Crippen molar-refractivity contribution in [2.75, 3.05) is 20.7 Å². The molecule has 1 atom stereocenters. The predicted molar refractivity (Wildman–Crippen MR) is 51.0 cm³/mol. The number of rotatable bonds is 6. The Labute approximate surface area is 83.6 Å². The number of carbonyl (C=O) groups is 2. The molecule has 0 aromatic heterocycles. The van der Waals surface area contributed by atoms with Crippen LogP contribution in [0.25, 0.3) is 0 Å². The summed E-state index contributed by atoms with van der Waals surface area (Å²) >= 11 is 0. The van der Waals surface area contributed by atoms with E-state index >= 15 is 0 Å². The summed E-state index contributed by atoms with van der Waals surface area (Å²) in [5, 5.41) is 8.39. The highest BCUT2D eigenvalue weighted by molar-refractivity contribution is 5.80. The summed E-state index contributed by atoms with van der Waals surface area (Å²) < 4.78 is 4.85. The van der Waals surface area contributed by atoms with E-state index in [-0.39, 0.29) is 12.3 Å². The molecule has 0 fully saturated rings. The van der Waals surface area contributed by atoms with E-state index in [9.17, 15) is 9.59 Å². The van der Waals surface area contributed by atoms with Crippen molar-refractivity contribution >= 4 is 11.9 Å². The Morgan fingerprint density at radius 3 is 2.50 bits per heavy atom. The minimum atomic E-state index is -0.842. The number of methoxy groups -OCH3 is 1. The van der Waals surface area contributed by atoms with Gasteiger partial charge < -0.3 is 14.7 Å². The molecule has 0 spiro atoms. The molecule has 1 unspecified atom stereocenters. The molecule has 1 amide bonds. The molecule has 0 aliphatic heterocycles. The van der Waals surface area contributed by atoms with Gasteiger partial charge in [0.05, 0.1) is 0 Å². The number of carbonyl (C=O) groups excluding carboxylic acids is 1. The average Bonchev–Trinajstić information content (AvgIpc) is 2.14. The van der Waals surface area contributed by atoms with Crippen molar-refractivity contribution in [3.63, 3.8) is 0 Å². The number of ether oxygens (including phenoxy) is 1. The molecule has 82 valence electrons. The van der Waals surface area contributed by atoms with Crippen molar-refractivity contribution in [3.8, 4) is 0 Å². The highest BCUT2D eigenvalue weighted by Gasteiger charge is 2.16. The van der Waals surface area contributed by atoms with Crippen molar-refractivity contribution in [1.82, 2.24) is 4.90 Å². The van der Waals surface area contributed by atoms with Gasteiger partial charge in [-0.2, -0.15) is 0 Å². The maximum absolute atomic E-state index is 11.4. The number of carboxylic acids is 1. The fourth-order valence-corrected chi connectivity index (χ4v) is 0.989. The molecule has 0 saturated carbocycles. The third-order valence-electron chi connectivity index (χ3n) is 1.96. The van der Waals surface area contributed by atoms with Crippen LogP contribution in [0.4, 0.5) is 0 Å². The van der Waals surface area contributed by atoms with Gasteiger partial charge in [-0.3, -0.25) is 9.59 Å². The lowest BCUT2D eigenvalue weighted by Gasteiger charge is -2.19. The lowest BCUT2D eigenvalue weighted by Crippen LogP contribution is -2.36. The largest absolute Gasteiger partial charge is 0.481 e. The summed E-state index contributed by atoms with van der Waals surface area (Å²) in [5.41, 5.74) is 0. The number of aliphatic carboxylic acids is 1. The molecule has 0 bridgehead atoms. The van der Waals surface area contributed by atoms with E-state index in [4.69, 9.17) is 9.84 Å². The van der Waals surface area contributed by atoms with Gasteiger partial charge in [-0.25, -0.2) is 0 Å². The van der Waals surface area contributed by atoms with Crippen LogP contribution in [-0.4, -0.2) is 48.7 Å². The number of hydrogen-bond acceptors (Lipinski definition) is 3. The predicted octanol–water partition coefficient (Wildman–Crippen LogP) is 0.344. The minimum absolute atomic E-state index is 0.0823. The number of nitrogens with zero attached hydrogens (tertiary/aromatic N) is 1. The van der Waals surface area contributed by atoms with E-state index in [2.05, 4.69) is 0 Å². The molecule has 0 radical (unpaired) electrons. The zero-order valence-corrected chi connectivity index (χ0v) is 8.82. The molecule has 5 nitrogen and oxygen atoms in total. The quantitative estimate of drug-likeness (QED) is 0.676. The van der Waals surface area contributed by atoms with Crippen LogP contribution in [0.15, 0.2) is 0 Å². The zero-order chi connectivity index (χ0) is 11.1. The minimum Gasteiger partial charge on any atom is -0.481 e. The van der Waals surface area contributed by atoms with Crippen LogP contribution < -0.4 is 0 Å². The summed E-state index contributed by atoms with van der Waals surface area (Å²) in [7, 11) is 3.10. The third kappa shape index (κ3) is 4.81. The maximum Gasteiger partial charge on any atom is 0.303 e.